The van der Waals surface area contributed by atoms with Gasteiger partial charge in [-0.1, -0.05) is 6.07 Å². The molecule has 0 saturated heterocycles. The van der Waals surface area contributed by atoms with Gasteiger partial charge in [-0.25, -0.2) is 9.98 Å². The van der Waals surface area contributed by atoms with Crippen LogP contribution in [-0.2, 0) is 6.54 Å². The Kier molecular flexibility index (Phi) is 5.29. The number of thiophene rings is 1. The Balaban J connectivity index is 1.80. The van der Waals surface area contributed by atoms with Gasteiger partial charge in [-0.2, -0.15) is 5.26 Å². The fourth-order valence-corrected chi connectivity index (χ4v) is 2.81. The molecule has 0 atom stereocenters. The molecule has 0 bridgehead atoms. The number of aromatic nitrogens is 1. The van der Waals surface area contributed by atoms with Gasteiger partial charge in [0.15, 0.2) is 18.3 Å². The van der Waals surface area contributed by atoms with Crippen molar-refractivity contribution in [2.75, 3.05) is 12.4 Å². The van der Waals surface area contributed by atoms with Crippen LogP contribution in [0, 0.1) is 11.5 Å². The highest BCUT2D eigenvalue weighted by Crippen LogP contribution is 2.32. The Labute approximate surface area is 148 Å². The maximum atomic E-state index is 8.92. The topological polar surface area (TPSA) is 95.5 Å². The molecule has 0 spiro atoms. The SMILES string of the molecule is COc1cc(N/C(=N/Cc2cccs2)NC#N)ccc1-c1cnco1. The first kappa shape index (κ1) is 16.5. The first-order valence-electron chi connectivity index (χ1n) is 7.36. The number of anilines is 1. The van der Waals surface area contributed by atoms with E-state index in [1.165, 1.54) is 6.39 Å². The van der Waals surface area contributed by atoms with E-state index in [0.717, 1.165) is 16.1 Å². The summed E-state index contributed by atoms with van der Waals surface area (Å²) in [5.41, 5.74) is 1.52. The van der Waals surface area contributed by atoms with Crippen molar-refractivity contribution < 1.29 is 9.15 Å². The average Bonchev–Trinajstić information content (AvgIpc) is 3.33. The highest BCUT2D eigenvalue weighted by molar-refractivity contribution is 7.09. The lowest BCUT2D eigenvalue weighted by Crippen LogP contribution is -2.26. The number of benzene rings is 1. The van der Waals surface area contributed by atoms with Gasteiger partial charge in [-0.05, 0) is 23.6 Å². The Morgan fingerprint density at radius 3 is 3.04 bits per heavy atom. The lowest BCUT2D eigenvalue weighted by molar-refractivity contribution is 0.415. The minimum Gasteiger partial charge on any atom is -0.496 e. The van der Waals surface area contributed by atoms with E-state index in [1.807, 2.05) is 35.8 Å². The Bertz CT molecular complexity index is 882. The number of nitrogens with one attached hydrogen (secondary N) is 2. The van der Waals surface area contributed by atoms with Crippen LogP contribution in [0.25, 0.3) is 11.3 Å². The quantitative estimate of drug-likeness (QED) is 0.316. The van der Waals surface area contributed by atoms with Crippen molar-refractivity contribution in [3.63, 3.8) is 0 Å². The highest BCUT2D eigenvalue weighted by atomic mass is 32.1. The zero-order chi connectivity index (χ0) is 17.5. The van der Waals surface area contributed by atoms with Gasteiger partial charge in [0.2, 0.25) is 5.96 Å². The van der Waals surface area contributed by atoms with E-state index < -0.39 is 0 Å². The average molecular weight is 353 g/mol. The van der Waals surface area contributed by atoms with E-state index in [0.29, 0.717) is 24.0 Å². The summed E-state index contributed by atoms with van der Waals surface area (Å²) >= 11 is 1.61. The molecular formula is C17H15N5O2S. The smallest absolute Gasteiger partial charge is 0.209 e. The van der Waals surface area contributed by atoms with Gasteiger partial charge < -0.3 is 14.5 Å². The van der Waals surface area contributed by atoms with Gasteiger partial charge in [-0.3, -0.25) is 5.32 Å². The fraction of sp³-hybridized carbons (Fsp3) is 0.118. The molecule has 2 aromatic heterocycles. The molecule has 3 aromatic rings. The van der Waals surface area contributed by atoms with Gasteiger partial charge in [0.1, 0.15) is 5.75 Å². The molecule has 0 fully saturated rings. The monoisotopic (exact) mass is 353 g/mol. The van der Waals surface area contributed by atoms with Crippen molar-refractivity contribution in [2.24, 2.45) is 4.99 Å². The Hall–Kier alpha value is -3.31. The molecule has 0 amide bonds. The van der Waals surface area contributed by atoms with Crippen LogP contribution in [-0.4, -0.2) is 18.1 Å². The molecule has 2 heterocycles. The first-order chi connectivity index (χ1) is 12.3. The third-order valence-electron chi connectivity index (χ3n) is 3.31. The molecule has 3 rings (SSSR count). The number of guanidine groups is 1. The van der Waals surface area contributed by atoms with Crippen LogP contribution in [0.2, 0.25) is 0 Å². The van der Waals surface area contributed by atoms with Crippen LogP contribution in [0.15, 0.2) is 57.7 Å². The summed E-state index contributed by atoms with van der Waals surface area (Å²) in [5.74, 6) is 1.60. The van der Waals surface area contributed by atoms with Crippen LogP contribution in [0.5, 0.6) is 5.75 Å². The van der Waals surface area contributed by atoms with E-state index in [-0.39, 0.29) is 0 Å². The van der Waals surface area contributed by atoms with E-state index >= 15 is 0 Å². The van der Waals surface area contributed by atoms with Crippen molar-refractivity contribution in [2.45, 2.75) is 6.54 Å². The number of nitriles is 1. The first-order valence-corrected chi connectivity index (χ1v) is 8.24. The summed E-state index contributed by atoms with van der Waals surface area (Å²) in [7, 11) is 1.58. The molecule has 7 nitrogen and oxygen atoms in total. The van der Waals surface area contributed by atoms with E-state index in [4.69, 9.17) is 14.4 Å². The van der Waals surface area contributed by atoms with Gasteiger partial charge in [0.05, 0.1) is 25.4 Å². The molecule has 25 heavy (non-hydrogen) atoms. The maximum absolute atomic E-state index is 8.92. The molecule has 1 aromatic carbocycles. The third-order valence-corrected chi connectivity index (χ3v) is 4.17. The van der Waals surface area contributed by atoms with E-state index in [9.17, 15) is 0 Å². The number of hydrogen-bond acceptors (Lipinski definition) is 6. The molecule has 0 saturated carbocycles. The molecule has 0 aliphatic rings. The van der Waals surface area contributed by atoms with Gasteiger partial charge in [0.25, 0.3) is 0 Å². The molecule has 0 aliphatic carbocycles. The fourth-order valence-electron chi connectivity index (χ4n) is 2.18. The number of nitrogens with zero attached hydrogens (tertiary/aromatic N) is 3. The summed E-state index contributed by atoms with van der Waals surface area (Å²) in [6.07, 6.45) is 4.88. The van der Waals surface area contributed by atoms with Crippen molar-refractivity contribution >= 4 is 23.0 Å². The second-order valence-electron chi connectivity index (χ2n) is 4.89. The summed E-state index contributed by atoms with van der Waals surface area (Å²) in [6.45, 7) is 0.488. The molecular weight excluding hydrogens is 338 g/mol. The Morgan fingerprint density at radius 2 is 2.36 bits per heavy atom. The number of hydrogen-bond donors (Lipinski definition) is 2. The predicted molar refractivity (Wildman–Crippen MR) is 96.3 cm³/mol. The van der Waals surface area contributed by atoms with Crippen LogP contribution in [0.3, 0.4) is 0 Å². The number of ether oxygens (including phenoxy) is 1. The summed E-state index contributed by atoms with van der Waals surface area (Å²) in [6, 6.07) is 9.46. The largest absolute Gasteiger partial charge is 0.496 e. The second kappa shape index (κ2) is 7.99. The van der Waals surface area contributed by atoms with Crippen molar-refractivity contribution in [1.82, 2.24) is 10.3 Å². The maximum Gasteiger partial charge on any atom is 0.209 e. The van der Waals surface area contributed by atoms with Crippen LogP contribution < -0.4 is 15.4 Å². The van der Waals surface area contributed by atoms with Crippen LogP contribution in [0.1, 0.15) is 4.88 Å². The number of oxazole rings is 1. The zero-order valence-electron chi connectivity index (χ0n) is 13.4. The number of methoxy groups -OCH3 is 1. The normalized spacial score (nSPS) is 11.0. The van der Waals surface area contributed by atoms with Crippen LogP contribution >= 0.6 is 11.3 Å². The molecule has 0 radical (unpaired) electrons. The van der Waals surface area contributed by atoms with E-state index in [2.05, 4.69) is 20.6 Å². The molecule has 8 heteroatoms. The third kappa shape index (κ3) is 4.16. The van der Waals surface area contributed by atoms with Crippen molar-refractivity contribution in [3.8, 4) is 23.3 Å². The summed E-state index contributed by atoms with van der Waals surface area (Å²) in [4.78, 5) is 9.42. The van der Waals surface area contributed by atoms with Crippen LogP contribution in [0.4, 0.5) is 5.69 Å². The highest BCUT2D eigenvalue weighted by Gasteiger charge is 2.11. The van der Waals surface area contributed by atoms with E-state index in [1.54, 1.807) is 30.7 Å². The molecule has 2 N–H and O–H groups in total. The Morgan fingerprint density at radius 1 is 1.44 bits per heavy atom. The zero-order valence-corrected chi connectivity index (χ0v) is 14.2. The van der Waals surface area contributed by atoms with Crippen molar-refractivity contribution in [3.05, 3.63) is 53.2 Å². The summed E-state index contributed by atoms with van der Waals surface area (Å²) < 4.78 is 10.7. The van der Waals surface area contributed by atoms with Gasteiger partial charge in [-0.15, -0.1) is 11.3 Å². The van der Waals surface area contributed by atoms with Crippen molar-refractivity contribution in [1.29, 1.82) is 5.26 Å². The number of rotatable bonds is 5. The minimum absolute atomic E-state index is 0.366. The lowest BCUT2D eigenvalue weighted by atomic mass is 10.1. The molecule has 0 aliphatic heterocycles. The second-order valence-corrected chi connectivity index (χ2v) is 5.92. The van der Waals surface area contributed by atoms with Gasteiger partial charge >= 0.3 is 0 Å². The minimum atomic E-state index is 0.366. The molecule has 126 valence electrons. The molecule has 0 unspecified atom stereocenters. The predicted octanol–water partition coefficient (Wildman–Crippen LogP) is 3.45. The van der Waals surface area contributed by atoms with Gasteiger partial charge in [0, 0.05) is 16.6 Å². The lowest BCUT2D eigenvalue weighted by Gasteiger charge is -2.11. The summed E-state index contributed by atoms with van der Waals surface area (Å²) in [5, 5.41) is 16.5. The number of aliphatic imine (C=N–C) groups is 1. The standard InChI is InChI=1S/C17H15N5O2S/c1-23-15-7-12(4-5-14(15)16-9-19-11-24-16)22-17(21-10-18)20-8-13-3-2-6-25-13/h2-7,9,11H,8H2,1H3,(H2,20,21,22).